The van der Waals surface area contributed by atoms with Crippen molar-refractivity contribution in [1.29, 1.82) is 0 Å². The van der Waals surface area contributed by atoms with E-state index in [1.807, 2.05) is 18.2 Å². The van der Waals surface area contributed by atoms with Crippen LogP contribution in [-0.2, 0) is 11.3 Å². The van der Waals surface area contributed by atoms with Crippen LogP contribution in [0.25, 0.3) is 10.8 Å². The van der Waals surface area contributed by atoms with E-state index in [1.54, 1.807) is 41.4 Å². The van der Waals surface area contributed by atoms with Crippen LogP contribution < -0.4 is 5.56 Å². The zero-order chi connectivity index (χ0) is 20.4. The Morgan fingerprint density at radius 3 is 2.79 bits per heavy atom. The molecule has 1 amide bonds. The molecule has 4 rings (SSSR count). The average molecular weight is 391 g/mol. The van der Waals surface area contributed by atoms with E-state index in [-0.39, 0.29) is 29.5 Å². The molecule has 0 aliphatic carbocycles. The van der Waals surface area contributed by atoms with Crippen LogP contribution in [0, 0.1) is 0 Å². The number of fused-ring (bicyclic) bond motifs is 1. The highest BCUT2D eigenvalue weighted by Crippen LogP contribution is 2.27. The number of carboxylic acid groups (broad SMARTS) is 1. The molecule has 7 heteroatoms. The lowest BCUT2D eigenvalue weighted by atomic mass is 9.89. The normalized spacial score (nSPS) is 16.7. The smallest absolute Gasteiger partial charge is 0.335 e. The summed E-state index contributed by atoms with van der Waals surface area (Å²) < 4.78 is 1.21. The molecule has 2 aromatic carbocycles. The van der Waals surface area contributed by atoms with Gasteiger partial charge in [-0.2, -0.15) is 5.10 Å². The molecule has 1 aliphatic heterocycles. The number of carbonyl (C=O) groups is 2. The summed E-state index contributed by atoms with van der Waals surface area (Å²) in [5.74, 6) is -1.04. The van der Waals surface area contributed by atoms with Crippen LogP contribution in [0.15, 0.2) is 59.5 Å². The van der Waals surface area contributed by atoms with Crippen LogP contribution in [0.1, 0.15) is 34.7 Å². The number of likely N-dealkylation sites (tertiary alicyclic amines) is 1. The Morgan fingerprint density at radius 1 is 1.14 bits per heavy atom. The van der Waals surface area contributed by atoms with Crippen molar-refractivity contribution in [2.75, 3.05) is 13.1 Å². The lowest BCUT2D eigenvalue weighted by molar-refractivity contribution is -0.133. The molecule has 1 aromatic heterocycles. The number of amides is 1. The van der Waals surface area contributed by atoms with Gasteiger partial charge in [-0.15, -0.1) is 0 Å². The largest absolute Gasteiger partial charge is 0.478 e. The standard InChI is InChI=1S/C22H21N3O4/c26-20(14-25-21(27)19-9-2-1-5-17(19)12-23-25)24-10-4-8-18(13-24)15-6-3-7-16(11-15)22(28)29/h1-3,5-7,9,11-12,18H,4,8,10,13-14H2,(H,28,29)/t18-/m1/s1. The Hall–Kier alpha value is -3.48. The van der Waals surface area contributed by atoms with E-state index in [1.165, 1.54) is 4.68 Å². The molecule has 29 heavy (non-hydrogen) atoms. The molecule has 7 nitrogen and oxygen atoms in total. The molecule has 1 aliphatic rings. The van der Waals surface area contributed by atoms with Gasteiger partial charge in [0.2, 0.25) is 5.91 Å². The van der Waals surface area contributed by atoms with Crippen molar-refractivity contribution in [1.82, 2.24) is 14.7 Å². The minimum atomic E-state index is -0.961. The third-order valence-corrected chi connectivity index (χ3v) is 5.43. The predicted molar refractivity (Wildman–Crippen MR) is 108 cm³/mol. The second-order valence-electron chi connectivity index (χ2n) is 7.30. The van der Waals surface area contributed by atoms with Gasteiger partial charge in [0.05, 0.1) is 17.1 Å². The molecule has 1 fully saturated rings. The Morgan fingerprint density at radius 2 is 1.97 bits per heavy atom. The van der Waals surface area contributed by atoms with E-state index in [2.05, 4.69) is 5.10 Å². The second kappa shape index (κ2) is 7.87. The van der Waals surface area contributed by atoms with Gasteiger partial charge in [0.1, 0.15) is 6.54 Å². The topological polar surface area (TPSA) is 92.5 Å². The van der Waals surface area contributed by atoms with Gasteiger partial charge >= 0.3 is 5.97 Å². The van der Waals surface area contributed by atoms with Crippen molar-refractivity contribution in [3.63, 3.8) is 0 Å². The summed E-state index contributed by atoms with van der Waals surface area (Å²) in [6.07, 6.45) is 3.31. The van der Waals surface area contributed by atoms with Crippen LogP contribution in [0.5, 0.6) is 0 Å². The summed E-state index contributed by atoms with van der Waals surface area (Å²) in [5, 5.41) is 14.6. The number of benzene rings is 2. The lowest BCUT2D eigenvalue weighted by Crippen LogP contribution is -2.42. The molecule has 0 radical (unpaired) electrons. The monoisotopic (exact) mass is 391 g/mol. The fraction of sp³-hybridized carbons (Fsp3) is 0.273. The van der Waals surface area contributed by atoms with E-state index in [0.29, 0.717) is 18.5 Å². The van der Waals surface area contributed by atoms with Crippen LogP contribution >= 0.6 is 0 Å². The molecule has 1 saturated heterocycles. The van der Waals surface area contributed by atoms with Crippen molar-refractivity contribution < 1.29 is 14.7 Å². The molecule has 148 valence electrons. The first-order valence-electron chi connectivity index (χ1n) is 9.59. The van der Waals surface area contributed by atoms with Gasteiger partial charge in [-0.1, -0.05) is 30.3 Å². The van der Waals surface area contributed by atoms with Crippen LogP contribution in [0.4, 0.5) is 0 Å². The molecule has 2 heterocycles. The summed E-state index contributed by atoms with van der Waals surface area (Å²) in [4.78, 5) is 38.4. The number of rotatable bonds is 4. The highest BCUT2D eigenvalue weighted by molar-refractivity contribution is 5.87. The fourth-order valence-corrected chi connectivity index (χ4v) is 3.87. The van der Waals surface area contributed by atoms with E-state index in [0.717, 1.165) is 23.8 Å². The molecular formula is C22H21N3O4. The maximum Gasteiger partial charge on any atom is 0.335 e. The number of carbonyl (C=O) groups excluding carboxylic acids is 1. The quantitative estimate of drug-likeness (QED) is 0.738. The maximum atomic E-state index is 12.8. The Labute approximate surface area is 167 Å². The second-order valence-corrected chi connectivity index (χ2v) is 7.30. The van der Waals surface area contributed by atoms with E-state index < -0.39 is 5.97 Å². The van der Waals surface area contributed by atoms with Crippen molar-refractivity contribution in [2.24, 2.45) is 0 Å². The first kappa shape index (κ1) is 18.9. The van der Waals surface area contributed by atoms with E-state index >= 15 is 0 Å². The number of piperidine rings is 1. The van der Waals surface area contributed by atoms with E-state index in [4.69, 9.17) is 0 Å². The minimum absolute atomic E-state index is 0.0771. The van der Waals surface area contributed by atoms with Crippen molar-refractivity contribution in [2.45, 2.75) is 25.3 Å². The predicted octanol–water partition coefficient (Wildman–Crippen LogP) is 2.50. The van der Waals surface area contributed by atoms with Gasteiger partial charge in [0.15, 0.2) is 0 Å². The lowest BCUT2D eigenvalue weighted by Gasteiger charge is -2.33. The summed E-state index contributed by atoms with van der Waals surface area (Å²) in [6, 6.07) is 14.1. The molecule has 3 aromatic rings. The van der Waals surface area contributed by atoms with Gasteiger partial charge < -0.3 is 10.0 Å². The summed E-state index contributed by atoms with van der Waals surface area (Å²) >= 11 is 0. The van der Waals surface area contributed by atoms with Crippen molar-refractivity contribution in [3.8, 4) is 0 Å². The van der Waals surface area contributed by atoms with Gasteiger partial charge in [0.25, 0.3) is 5.56 Å². The molecule has 1 N–H and O–H groups in total. The number of hydrogen-bond donors (Lipinski definition) is 1. The van der Waals surface area contributed by atoms with Crippen LogP contribution in [0.2, 0.25) is 0 Å². The van der Waals surface area contributed by atoms with E-state index in [9.17, 15) is 19.5 Å². The van der Waals surface area contributed by atoms with Crippen LogP contribution in [-0.4, -0.2) is 44.8 Å². The molecule has 0 spiro atoms. The molecule has 0 unspecified atom stereocenters. The number of aromatic carboxylic acids is 1. The summed E-state index contributed by atoms with van der Waals surface area (Å²) in [5.41, 5.74) is 0.889. The molecule has 0 saturated carbocycles. The fourth-order valence-electron chi connectivity index (χ4n) is 3.87. The van der Waals surface area contributed by atoms with Crippen molar-refractivity contribution >= 4 is 22.6 Å². The number of aromatic nitrogens is 2. The molecule has 0 bridgehead atoms. The SMILES string of the molecule is O=C(O)c1cccc([C@@H]2CCCN(C(=O)Cn3ncc4ccccc4c3=O)C2)c1. The summed E-state index contributed by atoms with van der Waals surface area (Å²) in [6.45, 7) is 1.02. The van der Waals surface area contributed by atoms with Gasteiger partial charge in [0, 0.05) is 24.4 Å². The Kier molecular flexibility index (Phi) is 5.12. The molecule has 1 atom stereocenters. The third kappa shape index (κ3) is 3.89. The average Bonchev–Trinajstić information content (AvgIpc) is 2.76. The van der Waals surface area contributed by atoms with Gasteiger partial charge in [-0.3, -0.25) is 9.59 Å². The molecular weight excluding hydrogens is 370 g/mol. The number of hydrogen-bond acceptors (Lipinski definition) is 4. The maximum absolute atomic E-state index is 12.8. The van der Waals surface area contributed by atoms with Gasteiger partial charge in [-0.05, 0) is 36.6 Å². The number of nitrogens with zero attached hydrogens (tertiary/aromatic N) is 3. The third-order valence-electron chi connectivity index (χ3n) is 5.43. The minimum Gasteiger partial charge on any atom is -0.478 e. The first-order valence-corrected chi connectivity index (χ1v) is 9.59. The Balaban J connectivity index is 1.51. The Bertz CT molecular complexity index is 1140. The zero-order valence-corrected chi connectivity index (χ0v) is 15.8. The highest BCUT2D eigenvalue weighted by atomic mass is 16.4. The number of carboxylic acids is 1. The summed E-state index contributed by atoms with van der Waals surface area (Å²) in [7, 11) is 0. The first-order chi connectivity index (χ1) is 14.0. The van der Waals surface area contributed by atoms with Gasteiger partial charge in [-0.25, -0.2) is 9.48 Å². The van der Waals surface area contributed by atoms with Crippen LogP contribution in [0.3, 0.4) is 0 Å². The highest BCUT2D eigenvalue weighted by Gasteiger charge is 2.25. The van der Waals surface area contributed by atoms with Crippen molar-refractivity contribution in [3.05, 3.63) is 76.2 Å². The zero-order valence-electron chi connectivity index (χ0n) is 15.8.